The fourth-order valence-electron chi connectivity index (χ4n) is 2.11. The Morgan fingerprint density at radius 1 is 1.35 bits per heavy atom. The van der Waals surface area contributed by atoms with Crippen molar-refractivity contribution in [1.82, 2.24) is 9.88 Å². The lowest BCUT2D eigenvalue weighted by Crippen LogP contribution is -2.40. The molecule has 2 N–H and O–H groups in total. The molecule has 2 heterocycles. The van der Waals surface area contributed by atoms with E-state index in [0.29, 0.717) is 12.5 Å². The van der Waals surface area contributed by atoms with Crippen LogP contribution in [0, 0.1) is 0 Å². The summed E-state index contributed by atoms with van der Waals surface area (Å²) in [6.07, 6.45) is 3.76. The normalized spacial score (nSPS) is 16.9. The first-order valence-corrected chi connectivity index (χ1v) is 7.84. The molecule has 0 aromatic carbocycles. The fraction of sp³-hybridized carbons (Fsp3) is 0.714. The SMILES string of the molecule is CC(C)(C)c1nc(CN=C(N)N2CCCCC2)cs1.I. The van der Waals surface area contributed by atoms with Crippen molar-refractivity contribution in [2.45, 2.75) is 52.0 Å². The molecule has 114 valence electrons. The third kappa shape index (κ3) is 4.87. The first-order valence-electron chi connectivity index (χ1n) is 6.96. The van der Waals surface area contributed by atoms with Crippen molar-refractivity contribution in [2.75, 3.05) is 13.1 Å². The van der Waals surface area contributed by atoms with Crippen LogP contribution in [0.1, 0.15) is 50.7 Å². The molecule has 1 aliphatic heterocycles. The van der Waals surface area contributed by atoms with Gasteiger partial charge in [0.1, 0.15) is 0 Å². The molecule has 2 rings (SSSR count). The summed E-state index contributed by atoms with van der Waals surface area (Å²) < 4.78 is 0. The van der Waals surface area contributed by atoms with E-state index >= 15 is 0 Å². The summed E-state index contributed by atoms with van der Waals surface area (Å²) in [5.41, 5.74) is 7.18. The van der Waals surface area contributed by atoms with Gasteiger partial charge in [-0.15, -0.1) is 35.3 Å². The maximum absolute atomic E-state index is 6.04. The molecular formula is C14H25IN4S. The summed E-state index contributed by atoms with van der Waals surface area (Å²) in [4.78, 5) is 11.3. The molecule has 0 spiro atoms. The highest BCUT2D eigenvalue weighted by Gasteiger charge is 2.18. The molecule has 6 heteroatoms. The van der Waals surface area contributed by atoms with Gasteiger partial charge in [-0.25, -0.2) is 9.98 Å². The van der Waals surface area contributed by atoms with Gasteiger partial charge in [0.15, 0.2) is 5.96 Å². The number of halogens is 1. The number of likely N-dealkylation sites (tertiary alicyclic amines) is 1. The van der Waals surface area contributed by atoms with Gasteiger partial charge in [0.2, 0.25) is 0 Å². The summed E-state index contributed by atoms with van der Waals surface area (Å²) in [7, 11) is 0. The maximum Gasteiger partial charge on any atom is 0.191 e. The van der Waals surface area contributed by atoms with E-state index in [9.17, 15) is 0 Å². The Kier molecular flexibility index (Phi) is 6.71. The van der Waals surface area contributed by atoms with Gasteiger partial charge < -0.3 is 10.6 Å². The monoisotopic (exact) mass is 408 g/mol. The lowest BCUT2D eigenvalue weighted by molar-refractivity contribution is 0.338. The average Bonchev–Trinajstić information content (AvgIpc) is 2.86. The highest BCUT2D eigenvalue weighted by Crippen LogP contribution is 2.25. The van der Waals surface area contributed by atoms with Crippen LogP contribution < -0.4 is 5.73 Å². The number of aliphatic imine (C=N–C) groups is 1. The van der Waals surface area contributed by atoms with Crippen LogP contribution in [-0.4, -0.2) is 28.9 Å². The maximum atomic E-state index is 6.04. The number of nitrogens with two attached hydrogens (primary N) is 1. The van der Waals surface area contributed by atoms with Crippen LogP contribution in [0.2, 0.25) is 0 Å². The summed E-state index contributed by atoms with van der Waals surface area (Å²) in [5.74, 6) is 0.671. The summed E-state index contributed by atoms with van der Waals surface area (Å²) in [6, 6.07) is 0. The molecule has 0 amide bonds. The Balaban J connectivity index is 0.00000200. The van der Waals surface area contributed by atoms with E-state index in [-0.39, 0.29) is 29.4 Å². The van der Waals surface area contributed by atoms with Crippen molar-refractivity contribution in [3.63, 3.8) is 0 Å². The standard InChI is InChI=1S/C14H24N4S.HI/c1-14(2,3)12-17-11(10-19-12)9-16-13(15)18-7-5-4-6-8-18;/h10H,4-9H2,1-3H3,(H2,15,16);1H. The van der Waals surface area contributed by atoms with Crippen LogP contribution in [-0.2, 0) is 12.0 Å². The van der Waals surface area contributed by atoms with Gasteiger partial charge in [-0.05, 0) is 19.3 Å². The first-order chi connectivity index (χ1) is 8.97. The Hall–Kier alpha value is -0.370. The molecule has 1 aromatic rings. The molecule has 0 atom stereocenters. The molecule has 4 nitrogen and oxygen atoms in total. The molecular weight excluding hydrogens is 383 g/mol. The van der Waals surface area contributed by atoms with E-state index in [4.69, 9.17) is 5.73 Å². The number of aromatic nitrogens is 1. The Morgan fingerprint density at radius 2 is 2.00 bits per heavy atom. The number of hydrogen-bond acceptors (Lipinski definition) is 3. The van der Waals surface area contributed by atoms with Gasteiger partial charge in [-0.3, -0.25) is 0 Å². The fourth-order valence-corrected chi connectivity index (χ4v) is 3.01. The Morgan fingerprint density at radius 3 is 2.55 bits per heavy atom. The minimum atomic E-state index is 0. The summed E-state index contributed by atoms with van der Waals surface area (Å²) >= 11 is 1.71. The van der Waals surface area contributed by atoms with E-state index in [1.165, 1.54) is 19.3 Å². The minimum absolute atomic E-state index is 0. The molecule has 1 aliphatic rings. The quantitative estimate of drug-likeness (QED) is 0.464. The van der Waals surface area contributed by atoms with Crippen molar-refractivity contribution in [1.29, 1.82) is 0 Å². The molecule has 0 unspecified atom stereocenters. The van der Waals surface area contributed by atoms with Crippen molar-refractivity contribution in [2.24, 2.45) is 10.7 Å². The zero-order chi connectivity index (χ0) is 13.9. The van der Waals surface area contributed by atoms with Crippen LogP contribution in [0.4, 0.5) is 0 Å². The highest BCUT2D eigenvalue weighted by molar-refractivity contribution is 14.0. The Bertz CT molecular complexity index is 444. The Labute approximate surface area is 142 Å². The van der Waals surface area contributed by atoms with Crippen LogP contribution in [0.5, 0.6) is 0 Å². The summed E-state index contributed by atoms with van der Waals surface area (Å²) in [6.45, 7) is 9.22. The van der Waals surface area contributed by atoms with E-state index < -0.39 is 0 Å². The lowest BCUT2D eigenvalue weighted by atomic mass is 9.98. The van der Waals surface area contributed by atoms with E-state index in [0.717, 1.165) is 23.8 Å². The zero-order valence-electron chi connectivity index (χ0n) is 12.6. The van der Waals surface area contributed by atoms with Crippen molar-refractivity contribution in [3.8, 4) is 0 Å². The predicted octanol–water partition coefficient (Wildman–Crippen LogP) is 3.36. The zero-order valence-corrected chi connectivity index (χ0v) is 15.7. The van der Waals surface area contributed by atoms with Gasteiger partial charge in [0, 0.05) is 23.9 Å². The molecule has 0 bridgehead atoms. The molecule has 1 fully saturated rings. The van der Waals surface area contributed by atoms with Crippen molar-refractivity contribution in [3.05, 3.63) is 16.1 Å². The molecule has 0 saturated carbocycles. The number of rotatable bonds is 2. The number of hydrogen-bond donors (Lipinski definition) is 1. The second-order valence-electron chi connectivity index (χ2n) is 6.12. The highest BCUT2D eigenvalue weighted by atomic mass is 127. The van der Waals surface area contributed by atoms with Gasteiger partial charge in [0.25, 0.3) is 0 Å². The van der Waals surface area contributed by atoms with Crippen LogP contribution >= 0.6 is 35.3 Å². The summed E-state index contributed by atoms with van der Waals surface area (Å²) in [5, 5.41) is 3.25. The molecule has 1 aromatic heterocycles. The number of nitrogens with zero attached hydrogens (tertiary/aromatic N) is 3. The van der Waals surface area contributed by atoms with Gasteiger partial charge in [0.05, 0.1) is 17.2 Å². The van der Waals surface area contributed by atoms with E-state index in [1.54, 1.807) is 11.3 Å². The van der Waals surface area contributed by atoms with Crippen molar-refractivity contribution < 1.29 is 0 Å². The topological polar surface area (TPSA) is 54.5 Å². The molecule has 0 radical (unpaired) electrons. The second kappa shape index (κ2) is 7.59. The van der Waals surface area contributed by atoms with Gasteiger partial charge in [-0.1, -0.05) is 20.8 Å². The van der Waals surface area contributed by atoms with Crippen molar-refractivity contribution >= 4 is 41.3 Å². The molecule has 1 saturated heterocycles. The third-order valence-electron chi connectivity index (χ3n) is 3.28. The number of piperidine rings is 1. The first kappa shape index (κ1) is 17.7. The lowest BCUT2D eigenvalue weighted by Gasteiger charge is -2.27. The average molecular weight is 408 g/mol. The largest absolute Gasteiger partial charge is 0.370 e. The number of guanidine groups is 1. The van der Waals surface area contributed by atoms with Gasteiger partial charge >= 0.3 is 0 Å². The molecule has 0 aliphatic carbocycles. The molecule has 20 heavy (non-hydrogen) atoms. The van der Waals surface area contributed by atoms with E-state index in [2.05, 4.69) is 41.0 Å². The number of thiazole rings is 1. The smallest absolute Gasteiger partial charge is 0.191 e. The van der Waals surface area contributed by atoms with E-state index in [1.807, 2.05) is 0 Å². The third-order valence-corrected chi connectivity index (χ3v) is 4.59. The minimum Gasteiger partial charge on any atom is -0.370 e. The second-order valence-corrected chi connectivity index (χ2v) is 6.97. The van der Waals surface area contributed by atoms with Crippen LogP contribution in [0.15, 0.2) is 10.4 Å². The van der Waals surface area contributed by atoms with Crippen LogP contribution in [0.25, 0.3) is 0 Å². The predicted molar refractivity (Wildman–Crippen MR) is 97.0 cm³/mol. The van der Waals surface area contributed by atoms with Gasteiger partial charge in [-0.2, -0.15) is 0 Å². The van der Waals surface area contributed by atoms with Crippen LogP contribution in [0.3, 0.4) is 0 Å².